The van der Waals surface area contributed by atoms with Gasteiger partial charge in [-0.05, 0) is 73.5 Å². The first-order chi connectivity index (χ1) is 11.6. The Bertz CT molecular complexity index is 750. The monoisotopic (exact) mass is 320 g/mol. The highest BCUT2D eigenvalue weighted by molar-refractivity contribution is 5.57. The molecule has 0 bridgehead atoms. The maximum absolute atomic E-state index is 2.51. The van der Waals surface area contributed by atoms with Gasteiger partial charge in [-0.25, -0.2) is 0 Å². The van der Waals surface area contributed by atoms with Crippen LogP contribution in [0, 0.1) is 6.92 Å². The Labute approximate surface area is 146 Å². The van der Waals surface area contributed by atoms with Gasteiger partial charge in [-0.3, -0.25) is 0 Å². The van der Waals surface area contributed by atoms with Gasteiger partial charge in [-0.15, -0.1) is 0 Å². The molecule has 2 heterocycles. The van der Waals surface area contributed by atoms with E-state index >= 15 is 0 Å². The van der Waals surface area contributed by atoms with Crippen LogP contribution in [-0.4, -0.2) is 31.6 Å². The van der Waals surface area contributed by atoms with E-state index in [4.69, 9.17) is 0 Å². The standard InChI is InChI=1S/C22H28N2/c1-16-4-6-19-8-9-21(24(3)22(19)12-16)14-17-5-7-18-10-11-23(2)15-20(18)13-17/h4-7,12-13,21H,8-11,14-15H2,1-3H3. The molecule has 0 spiro atoms. The molecule has 2 aliphatic heterocycles. The lowest BCUT2D eigenvalue weighted by Gasteiger charge is -2.37. The largest absolute Gasteiger partial charge is 0.371 e. The molecule has 0 N–H and O–H groups in total. The Hall–Kier alpha value is -1.80. The van der Waals surface area contributed by atoms with Crippen molar-refractivity contribution in [3.05, 3.63) is 64.2 Å². The first-order valence-corrected chi connectivity index (χ1v) is 9.22. The highest BCUT2D eigenvalue weighted by Crippen LogP contribution is 2.32. The van der Waals surface area contributed by atoms with Crippen molar-refractivity contribution in [1.29, 1.82) is 0 Å². The van der Waals surface area contributed by atoms with Crippen LogP contribution in [0.1, 0.15) is 34.2 Å². The Balaban J connectivity index is 1.55. The van der Waals surface area contributed by atoms with Gasteiger partial charge >= 0.3 is 0 Å². The quantitative estimate of drug-likeness (QED) is 0.826. The number of nitrogens with zero attached hydrogens (tertiary/aromatic N) is 2. The smallest absolute Gasteiger partial charge is 0.0401 e. The van der Waals surface area contributed by atoms with Crippen molar-refractivity contribution in [2.45, 2.75) is 45.2 Å². The summed E-state index contributed by atoms with van der Waals surface area (Å²) in [6, 6.07) is 14.7. The number of fused-ring (bicyclic) bond motifs is 2. The third-order valence-electron chi connectivity index (χ3n) is 5.86. The van der Waals surface area contributed by atoms with Crippen LogP contribution in [0.5, 0.6) is 0 Å². The van der Waals surface area contributed by atoms with Crippen LogP contribution in [-0.2, 0) is 25.8 Å². The number of benzene rings is 2. The lowest BCUT2D eigenvalue weighted by molar-refractivity contribution is 0.312. The van der Waals surface area contributed by atoms with Crippen LogP contribution in [0.15, 0.2) is 36.4 Å². The summed E-state index contributed by atoms with van der Waals surface area (Å²) in [5.74, 6) is 0. The molecule has 0 radical (unpaired) electrons. The minimum absolute atomic E-state index is 0.610. The SMILES string of the molecule is Cc1ccc2c(c1)N(C)C(Cc1ccc3c(c1)CN(C)CC3)CC2. The minimum atomic E-state index is 0.610. The van der Waals surface area contributed by atoms with Crippen LogP contribution < -0.4 is 4.90 Å². The van der Waals surface area contributed by atoms with Crippen molar-refractivity contribution in [3.8, 4) is 0 Å². The van der Waals surface area contributed by atoms with Crippen molar-refractivity contribution in [1.82, 2.24) is 4.90 Å². The summed E-state index contributed by atoms with van der Waals surface area (Å²) in [5, 5.41) is 0. The second-order valence-corrected chi connectivity index (χ2v) is 7.73. The fraction of sp³-hybridized carbons (Fsp3) is 0.455. The van der Waals surface area contributed by atoms with Crippen LogP contribution >= 0.6 is 0 Å². The molecule has 2 aromatic carbocycles. The van der Waals surface area contributed by atoms with E-state index < -0.39 is 0 Å². The fourth-order valence-electron chi connectivity index (χ4n) is 4.32. The average Bonchev–Trinajstić information content (AvgIpc) is 2.57. The zero-order chi connectivity index (χ0) is 16.7. The van der Waals surface area contributed by atoms with Gasteiger partial charge in [0.15, 0.2) is 0 Å². The molecule has 126 valence electrons. The van der Waals surface area contributed by atoms with E-state index in [1.807, 2.05) is 0 Å². The topological polar surface area (TPSA) is 6.48 Å². The van der Waals surface area contributed by atoms with Crippen LogP contribution in [0.25, 0.3) is 0 Å². The minimum Gasteiger partial charge on any atom is -0.371 e. The first-order valence-electron chi connectivity index (χ1n) is 9.22. The van der Waals surface area contributed by atoms with Crippen LogP contribution in [0.3, 0.4) is 0 Å². The van der Waals surface area contributed by atoms with Crippen molar-refractivity contribution in [2.24, 2.45) is 0 Å². The van der Waals surface area contributed by atoms with E-state index in [2.05, 4.69) is 67.2 Å². The van der Waals surface area contributed by atoms with E-state index in [0.29, 0.717) is 6.04 Å². The lowest BCUT2D eigenvalue weighted by atomic mass is 9.90. The molecule has 0 fully saturated rings. The van der Waals surface area contributed by atoms with Gasteiger partial charge in [0.05, 0.1) is 0 Å². The molecule has 2 aliphatic rings. The predicted octanol–water partition coefficient (Wildman–Crippen LogP) is 3.98. The third-order valence-corrected chi connectivity index (χ3v) is 5.86. The maximum Gasteiger partial charge on any atom is 0.0401 e. The number of likely N-dealkylation sites (N-methyl/N-ethyl adjacent to an activating group) is 2. The molecular formula is C22H28N2. The summed E-state index contributed by atoms with van der Waals surface area (Å²) >= 11 is 0. The zero-order valence-corrected chi connectivity index (χ0v) is 15.2. The molecule has 2 heteroatoms. The van der Waals surface area contributed by atoms with Crippen molar-refractivity contribution < 1.29 is 0 Å². The van der Waals surface area contributed by atoms with Crippen molar-refractivity contribution in [2.75, 3.05) is 25.5 Å². The summed E-state index contributed by atoms with van der Waals surface area (Å²) < 4.78 is 0. The van der Waals surface area contributed by atoms with E-state index in [-0.39, 0.29) is 0 Å². The summed E-state index contributed by atoms with van der Waals surface area (Å²) in [4.78, 5) is 4.94. The molecule has 0 amide bonds. The summed E-state index contributed by atoms with van der Waals surface area (Å²) in [6.07, 6.45) is 4.81. The molecule has 0 saturated heterocycles. The fourth-order valence-corrected chi connectivity index (χ4v) is 4.32. The number of hydrogen-bond acceptors (Lipinski definition) is 2. The van der Waals surface area contributed by atoms with E-state index in [9.17, 15) is 0 Å². The maximum atomic E-state index is 2.51. The molecular weight excluding hydrogens is 292 g/mol. The Morgan fingerprint density at radius 1 is 0.958 bits per heavy atom. The number of rotatable bonds is 2. The molecule has 0 aromatic heterocycles. The van der Waals surface area contributed by atoms with Crippen LogP contribution in [0.2, 0.25) is 0 Å². The van der Waals surface area contributed by atoms with Gasteiger partial charge < -0.3 is 9.80 Å². The van der Waals surface area contributed by atoms with Crippen molar-refractivity contribution >= 4 is 5.69 Å². The van der Waals surface area contributed by atoms with Gasteiger partial charge in [0.1, 0.15) is 0 Å². The molecule has 4 rings (SSSR count). The molecule has 0 saturated carbocycles. The van der Waals surface area contributed by atoms with Gasteiger partial charge in [-0.1, -0.05) is 30.3 Å². The highest BCUT2D eigenvalue weighted by Gasteiger charge is 2.24. The molecule has 1 unspecified atom stereocenters. The van der Waals surface area contributed by atoms with Gasteiger partial charge in [0, 0.05) is 31.9 Å². The van der Waals surface area contributed by atoms with Gasteiger partial charge in [-0.2, -0.15) is 0 Å². The second-order valence-electron chi connectivity index (χ2n) is 7.73. The van der Waals surface area contributed by atoms with Crippen molar-refractivity contribution in [3.63, 3.8) is 0 Å². The average molecular weight is 320 g/mol. The normalized spacial score (nSPS) is 20.6. The molecule has 2 aromatic rings. The lowest BCUT2D eigenvalue weighted by Crippen LogP contribution is -2.37. The highest BCUT2D eigenvalue weighted by atomic mass is 15.1. The Morgan fingerprint density at radius 3 is 2.67 bits per heavy atom. The van der Waals surface area contributed by atoms with E-state index in [1.54, 1.807) is 5.56 Å². The van der Waals surface area contributed by atoms with E-state index in [0.717, 1.165) is 13.0 Å². The predicted molar refractivity (Wildman–Crippen MR) is 102 cm³/mol. The first kappa shape index (κ1) is 15.7. The van der Waals surface area contributed by atoms with Gasteiger partial charge in [0.2, 0.25) is 0 Å². The van der Waals surface area contributed by atoms with E-state index in [1.165, 1.54) is 53.7 Å². The Morgan fingerprint density at radius 2 is 1.79 bits per heavy atom. The molecule has 24 heavy (non-hydrogen) atoms. The van der Waals surface area contributed by atoms with Gasteiger partial charge in [0.25, 0.3) is 0 Å². The van der Waals surface area contributed by atoms with Crippen LogP contribution in [0.4, 0.5) is 5.69 Å². The zero-order valence-electron chi connectivity index (χ0n) is 15.2. The second kappa shape index (κ2) is 6.25. The molecule has 2 nitrogen and oxygen atoms in total. The summed E-state index contributed by atoms with van der Waals surface area (Å²) in [6.45, 7) is 4.48. The molecule has 0 aliphatic carbocycles. The third kappa shape index (κ3) is 2.95. The number of hydrogen-bond donors (Lipinski definition) is 0. The Kier molecular flexibility index (Phi) is 4.09. The number of aryl methyl sites for hydroxylation is 2. The summed E-state index contributed by atoms with van der Waals surface area (Å²) in [7, 11) is 4.50. The number of anilines is 1. The summed E-state index contributed by atoms with van der Waals surface area (Å²) in [5.41, 5.74) is 8.89. The molecule has 1 atom stereocenters.